The lowest BCUT2D eigenvalue weighted by atomic mass is 10.0. The molecule has 2 heterocycles. The van der Waals surface area contributed by atoms with E-state index >= 15 is 0 Å². The zero-order chi connectivity index (χ0) is 13.0. The molecule has 0 aliphatic carbocycles. The topological polar surface area (TPSA) is 44.3 Å². The lowest BCUT2D eigenvalue weighted by Gasteiger charge is -2.35. The van der Waals surface area contributed by atoms with E-state index in [1.807, 2.05) is 6.07 Å². The molecule has 1 aliphatic rings. The van der Waals surface area contributed by atoms with Crippen LogP contribution >= 0.6 is 0 Å². The van der Waals surface area contributed by atoms with E-state index < -0.39 is 0 Å². The molecule has 0 saturated carbocycles. The van der Waals surface area contributed by atoms with Gasteiger partial charge in [-0.1, -0.05) is 0 Å². The number of aromatic nitrogens is 2. The van der Waals surface area contributed by atoms with Gasteiger partial charge in [-0.3, -0.25) is 0 Å². The number of hydrogen-bond donors (Lipinski definition) is 1. The summed E-state index contributed by atoms with van der Waals surface area (Å²) in [6, 6.07) is 2.62. The maximum Gasteiger partial charge on any atom is 0.134 e. The predicted octanol–water partition coefficient (Wildman–Crippen LogP) is 1.44. The summed E-state index contributed by atoms with van der Waals surface area (Å²) in [7, 11) is 4.32. The third-order valence-corrected chi connectivity index (χ3v) is 3.61. The van der Waals surface area contributed by atoms with Crippen LogP contribution in [0.5, 0.6) is 0 Å². The number of rotatable bonds is 4. The Balaban J connectivity index is 2.03. The summed E-state index contributed by atoms with van der Waals surface area (Å²) in [6.45, 7) is 5.29. The Labute approximate surface area is 109 Å². The molecule has 18 heavy (non-hydrogen) atoms. The molecule has 1 fully saturated rings. The largest absolute Gasteiger partial charge is 0.370 e. The first-order valence-electron chi connectivity index (χ1n) is 6.68. The quantitative estimate of drug-likeness (QED) is 0.874. The highest BCUT2D eigenvalue weighted by Crippen LogP contribution is 2.21. The highest BCUT2D eigenvalue weighted by molar-refractivity contribution is 5.48. The molecule has 0 atom stereocenters. The summed E-state index contributed by atoms with van der Waals surface area (Å²) in [5.41, 5.74) is 0. The molecule has 5 nitrogen and oxygen atoms in total. The fourth-order valence-electron chi connectivity index (χ4n) is 2.39. The van der Waals surface area contributed by atoms with Gasteiger partial charge in [0.2, 0.25) is 0 Å². The number of hydrogen-bond acceptors (Lipinski definition) is 5. The smallest absolute Gasteiger partial charge is 0.134 e. The second-order valence-electron chi connectivity index (χ2n) is 4.94. The minimum atomic E-state index is 0.588. The normalized spacial score (nSPS) is 17.7. The summed E-state index contributed by atoms with van der Waals surface area (Å²) in [4.78, 5) is 13.3. The fraction of sp³-hybridized carbons (Fsp3) is 0.692. The lowest BCUT2D eigenvalue weighted by molar-refractivity contribution is 0.252. The molecular weight excluding hydrogens is 226 g/mol. The zero-order valence-corrected chi connectivity index (χ0v) is 11.6. The van der Waals surface area contributed by atoms with Gasteiger partial charge in [-0.05, 0) is 39.9 Å². The number of piperidine rings is 1. The first-order chi connectivity index (χ1) is 8.70. The molecular formula is C13H23N5. The summed E-state index contributed by atoms with van der Waals surface area (Å²) >= 11 is 0. The van der Waals surface area contributed by atoms with Crippen molar-refractivity contribution in [3.8, 4) is 0 Å². The monoisotopic (exact) mass is 249 g/mol. The molecule has 0 unspecified atom stereocenters. The van der Waals surface area contributed by atoms with Crippen molar-refractivity contribution in [1.82, 2.24) is 14.9 Å². The second-order valence-corrected chi connectivity index (χ2v) is 4.94. The van der Waals surface area contributed by atoms with Crippen molar-refractivity contribution in [3.63, 3.8) is 0 Å². The zero-order valence-electron chi connectivity index (χ0n) is 11.6. The molecule has 0 bridgehead atoms. The molecule has 0 spiro atoms. The fourth-order valence-corrected chi connectivity index (χ4v) is 2.39. The van der Waals surface area contributed by atoms with Gasteiger partial charge < -0.3 is 15.1 Å². The maximum absolute atomic E-state index is 4.38. The standard InChI is InChI=1S/C13H23N5/c1-4-14-12-9-13(16-10-15-12)18(3)11-5-7-17(2)8-6-11/h9-11H,4-8H2,1-3H3,(H,14,15,16). The van der Waals surface area contributed by atoms with E-state index in [9.17, 15) is 0 Å². The van der Waals surface area contributed by atoms with Gasteiger partial charge in [-0.15, -0.1) is 0 Å². The average molecular weight is 249 g/mol. The Morgan fingerprint density at radius 1 is 1.39 bits per heavy atom. The SMILES string of the molecule is CCNc1cc(N(C)C2CCN(C)CC2)ncn1. The van der Waals surface area contributed by atoms with Crippen molar-refractivity contribution in [2.24, 2.45) is 0 Å². The molecule has 1 saturated heterocycles. The highest BCUT2D eigenvalue weighted by Gasteiger charge is 2.21. The molecule has 1 aromatic rings. The number of likely N-dealkylation sites (tertiary alicyclic amines) is 1. The summed E-state index contributed by atoms with van der Waals surface area (Å²) in [5, 5.41) is 3.23. The van der Waals surface area contributed by atoms with Crippen molar-refractivity contribution in [2.45, 2.75) is 25.8 Å². The third kappa shape index (κ3) is 3.10. The number of nitrogens with one attached hydrogen (secondary N) is 1. The van der Waals surface area contributed by atoms with Crippen LogP contribution in [-0.4, -0.2) is 54.6 Å². The van der Waals surface area contributed by atoms with Crippen LogP contribution in [0.2, 0.25) is 0 Å². The minimum Gasteiger partial charge on any atom is -0.370 e. The van der Waals surface area contributed by atoms with E-state index in [2.05, 4.69) is 46.1 Å². The Bertz CT molecular complexity index is 373. The van der Waals surface area contributed by atoms with E-state index in [1.54, 1.807) is 6.33 Å². The Morgan fingerprint density at radius 3 is 2.78 bits per heavy atom. The number of anilines is 2. The number of nitrogens with zero attached hydrogens (tertiary/aromatic N) is 4. The first-order valence-corrected chi connectivity index (χ1v) is 6.68. The van der Waals surface area contributed by atoms with E-state index in [4.69, 9.17) is 0 Å². The molecule has 1 aliphatic heterocycles. The van der Waals surface area contributed by atoms with Gasteiger partial charge >= 0.3 is 0 Å². The third-order valence-electron chi connectivity index (χ3n) is 3.61. The van der Waals surface area contributed by atoms with Crippen molar-refractivity contribution in [1.29, 1.82) is 0 Å². The van der Waals surface area contributed by atoms with Gasteiger partial charge in [-0.2, -0.15) is 0 Å². The van der Waals surface area contributed by atoms with Gasteiger partial charge in [0.1, 0.15) is 18.0 Å². The van der Waals surface area contributed by atoms with Crippen molar-refractivity contribution in [2.75, 3.05) is 43.9 Å². The van der Waals surface area contributed by atoms with Crippen molar-refractivity contribution < 1.29 is 0 Å². The highest BCUT2D eigenvalue weighted by atomic mass is 15.2. The second kappa shape index (κ2) is 6.00. The molecule has 0 amide bonds. The minimum absolute atomic E-state index is 0.588. The van der Waals surface area contributed by atoms with E-state index in [0.717, 1.165) is 18.2 Å². The Kier molecular flexibility index (Phi) is 4.36. The van der Waals surface area contributed by atoms with Gasteiger partial charge in [0.25, 0.3) is 0 Å². The summed E-state index contributed by atoms with van der Waals surface area (Å²) < 4.78 is 0. The average Bonchev–Trinajstić information content (AvgIpc) is 2.39. The van der Waals surface area contributed by atoms with Gasteiger partial charge in [0.05, 0.1) is 0 Å². The predicted molar refractivity (Wildman–Crippen MR) is 75.1 cm³/mol. The summed E-state index contributed by atoms with van der Waals surface area (Å²) in [6.07, 6.45) is 4.04. The van der Waals surface area contributed by atoms with Crippen LogP contribution in [0.15, 0.2) is 12.4 Å². The Morgan fingerprint density at radius 2 is 2.11 bits per heavy atom. The van der Waals surface area contributed by atoms with Crippen LogP contribution < -0.4 is 10.2 Å². The van der Waals surface area contributed by atoms with Gasteiger partial charge in [0, 0.05) is 25.7 Å². The van der Waals surface area contributed by atoms with Crippen LogP contribution in [0.1, 0.15) is 19.8 Å². The molecule has 2 rings (SSSR count). The molecule has 0 radical (unpaired) electrons. The molecule has 5 heteroatoms. The van der Waals surface area contributed by atoms with E-state index in [1.165, 1.54) is 25.9 Å². The molecule has 1 N–H and O–H groups in total. The maximum atomic E-state index is 4.38. The van der Waals surface area contributed by atoms with E-state index in [-0.39, 0.29) is 0 Å². The summed E-state index contributed by atoms with van der Waals surface area (Å²) in [5.74, 6) is 1.91. The van der Waals surface area contributed by atoms with Gasteiger partial charge in [0.15, 0.2) is 0 Å². The van der Waals surface area contributed by atoms with Crippen LogP contribution in [0.4, 0.5) is 11.6 Å². The van der Waals surface area contributed by atoms with Gasteiger partial charge in [-0.25, -0.2) is 9.97 Å². The van der Waals surface area contributed by atoms with Crippen LogP contribution in [-0.2, 0) is 0 Å². The van der Waals surface area contributed by atoms with Crippen LogP contribution in [0.3, 0.4) is 0 Å². The molecule has 100 valence electrons. The van der Waals surface area contributed by atoms with Crippen molar-refractivity contribution >= 4 is 11.6 Å². The molecule has 1 aromatic heterocycles. The molecule has 0 aromatic carbocycles. The van der Waals surface area contributed by atoms with Crippen LogP contribution in [0.25, 0.3) is 0 Å². The lowest BCUT2D eigenvalue weighted by Crippen LogP contribution is -2.42. The Hall–Kier alpha value is -1.36. The van der Waals surface area contributed by atoms with E-state index in [0.29, 0.717) is 6.04 Å². The van der Waals surface area contributed by atoms with Crippen molar-refractivity contribution in [3.05, 3.63) is 12.4 Å². The van der Waals surface area contributed by atoms with Crippen LogP contribution in [0, 0.1) is 0 Å². The first kappa shape index (κ1) is 13.1.